The summed E-state index contributed by atoms with van der Waals surface area (Å²) in [6, 6.07) is 14.1. The smallest absolute Gasteiger partial charge is 0.243 e. The molecule has 0 unspecified atom stereocenters. The number of hydrogen-bond acceptors (Lipinski definition) is 3. The van der Waals surface area contributed by atoms with E-state index in [1.807, 2.05) is 12.1 Å². The fourth-order valence-electron chi connectivity index (χ4n) is 1.88. The van der Waals surface area contributed by atoms with E-state index in [2.05, 4.69) is 16.0 Å². The number of benzene rings is 2. The molecule has 0 aliphatic heterocycles. The quantitative estimate of drug-likeness (QED) is 0.792. The molecule has 114 valence electrons. The van der Waals surface area contributed by atoms with E-state index < -0.39 is 0 Å². The number of hydrogen-bond donors (Lipinski definition) is 3. The Kier molecular flexibility index (Phi) is 5.38. The Bertz CT molecular complexity index is 689. The molecule has 22 heavy (non-hydrogen) atoms. The van der Waals surface area contributed by atoms with Crippen molar-refractivity contribution in [3.63, 3.8) is 0 Å². The number of carbonyl (C=O) groups is 2. The van der Waals surface area contributed by atoms with Gasteiger partial charge in [-0.1, -0.05) is 29.8 Å². The van der Waals surface area contributed by atoms with Crippen molar-refractivity contribution in [2.45, 2.75) is 6.92 Å². The summed E-state index contributed by atoms with van der Waals surface area (Å²) < 4.78 is 0. The monoisotopic (exact) mass is 317 g/mol. The molecule has 0 aromatic heterocycles. The van der Waals surface area contributed by atoms with E-state index in [-0.39, 0.29) is 18.4 Å². The van der Waals surface area contributed by atoms with Crippen molar-refractivity contribution in [2.75, 3.05) is 22.5 Å². The molecule has 2 amide bonds. The van der Waals surface area contributed by atoms with Crippen LogP contribution in [0.3, 0.4) is 0 Å². The first-order valence-corrected chi connectivity index (χ1v) is 7.08. The Morgan fingerprint density at radius 3 is 2.41 bits per heavy atom. The van der Waals surface area contributed by atoms with Crippen molar-refractivity contribution in [3.05, 3.63) is 53.6 Å². The first-order valence-electron chi connectivity index (χ1n) is 6.70. The highest BCUT2D eigenvalue weighted by molar-refractivity contribution is 6.30. The van der Waals surface area contributed by atoms with Crippen LogP contribution in [0.4, 0.5) is 17.1 Å². The molecule has 0 saturated heterocycles. The van der Waals surface area contributed by atoms with Crippen LogP contribution in [0, 0.1) is 0 Å². The summed E-state index contributed by atoms with van der Waals surface area (Å²) in [4.78, 5) is 23.1. The third kappa shape index (κ3) is 4.79. The van der Waals surface area contributed by atoms with Gasteiger partial charge in [-0.05, 0) is 30.3 Å². The number of amides is 2. The van der Waals surface area contributed by atoms with Gasteiger partial charge < -0.3 is 16.0 Å². The minimum absolute atomic E-state index is 0.0725. The van der Waals surface area contributed by atoms with Crippen LogP contribution in [0.1, 0.15) is 6.92 Å². The van der Waals surface area contributed by atoms with Gasteiger partial charge in [-0.2, -0.15) is 0 Å². The highest BCUT2D eigenvalue weighted by atomic mass is 35.5. The summed E-state index contributed by atoms with van der Waals surface area (Å²) >= 11 is 5.86. The lowest BCUT2D eigenvalue weighted by molar-refractivity contribution is -0.115. The summed E-state index contributed by atoms with van der Waals surface area (Å²) in [5.74, 6) is -0.377. The highest BCUT2D eigenvalue weighted by Gasteiger charge is 2.06. The molecule has 0 heterocycles. The zero-order chi connectivity index (χ0) is 15.9. The standard InChI is InChI=1S/C16H16ClN3O2/c1-11(21)19-15-8-3-2-7-14(15)18-10-16(22)20-13-6-4-5-12(17)9-13/h2-9,18H,10H2,1H3,(H,19,21)(H,20,22). The summed E-state index contributed by atoms with van der Waals surface area (Å²) in [7, 11) is 0. The van der Waals surface area contributed by atoms with E-state index in [4.69, 9.17) is 11.6 Å². The van der Waals surface area contributed by atoms with E-state index in [1.165, 1.54) is 6.92 Å². The summed E-state index contributed by atoms with van der Waals surface area (Å²) in [5, 5.41) is 8.99. The predicted molar refractivity (Wildman–Crippen MR) is 89.3 cm³/mol. The maximum atomic E-state index is 11.9. The van der Waals surface area contributed by atoms with Gasteiger partial charge in [-0.25, -0.2) is 0 Å². The Balaban J connectivity index is 1.95. The van der Waals surface area contributed by atoms with Crippen molar-refractivity contribution in [2.24, 2.45) is 0 Å². The van der Waals surface area contributed by atoms with Gasteiger partial charge in [-0.3, -0.25) is 9.59 Å². The second-order valence-corrected chi connectivity index (χ2v) is 5.08. The van der Waals surface area contributed by atoms with Crippen molar-refractivity contribution in [1.29, 1.82) is 0 Å². The number of nitrogens with one attached hydrogen (secondary N) is 3. The number of rotatable bonds is 5. The molecule has 5 nitrogen and oxygen atoms in total. The van der Waals surface area contributed by atoms with Gasteiger partial charge in [-0.15, -0.1) is 0 Å². The molecule has 0 aliphatic carbocycles. The van der Waals surface area contributed by atoms with Crippen LogP contribution >= 0.6 is 11.6 Å². The van der Waals surface area contributed by atoms with Crippen molar-refractivity contribution in [3.8, 4) is 0 Å². The second-order valence-electron chi connectivity index (χ2n) is 4.64. The molecule has 0 saturated carbocycles. The van der Waals surface area contributed by atoms with Crippen LogP contribution in [0.2, 0.25) is 5.02 Å². The van der Waals surface area contributed by atoms with Crippen molar-refractivity contribution < 1.29 is 9.59 Å². The maximum Gasteiger partial charge on any atom is 0.243 e. The topological polar surface area (TPSA) is 70.2 Å². The van der Waals surface area contributed by atoms with Crippen molar-refractivity contribution in [1.82, 2.24) is 0 Å². The SMILES string of the molecule is CC(=O)Nc1ccccc1NCC(=O)Nc1cccc(Cl)c1. The molecule has 0 aliphatic rings. The molecule has 0 atom stereocenters. The lowest BCUT2D eigenvalue weighted by Gasteiger charge is -2.12. The van der Waals surface area contributed by atoms with Crippen LogP contribution < -0.4 is 16.0 Å². The number of carbonyl (C=O) groups excluding carboxylic acids is 2. The normalized spacial score (nSPS) is 9.91. The Morgan fingerprint density at radius 2 is 1.73 bits per heavy atom. The molecule has 2 rings (SSSR count). The maximum absolute atomic E-state index is 11.9. The molecule has 0 spiro atoms. The van der Waals surface area contributed by atoms with Crippen LogP contribution in [0.15, 0.2) is 48.5 Å². The van der Waals surface area contributed by atoms with Crippen LogP contribution in [0.5, 0.6) is 0 Å². The molecular formula is C16H16ClN3O2. The molecule has 3 N–H and O–H groups in total. The Morgan fingerprint density at radius 1 is 1.00 bits per heavy atom. The molecule has 0 fully saturated rings. The average molecular weight is 318 g/mol. The molecule has 6 heteroatoms. The van der Waals surface area contributed by atoms with Crippen LogP contribution in [-0.2, 0) is 9.59 Å². The lowest BCUT2D eigenvalue weighted by Crippen LogP contribution is -2.22. The predicted octanol–water partition coefficient (Wildman–Crippen LogP) is 3.35. The minimum Gasteiger partial charge on any atom is -0.374 e. The van der Waals surface area contributed by atoms with Gasteiger partial charge in [0.1, 0.15) is 0 Å². The van der Waals surface area contributed by atoms with Gasteiger partial charge in [0.15, 0.2) is 0 Å². The van der Waals surface area contributed by atoms with E-state index in [9.17, 15) is 9.59 Å². The molecule has 2 aromatic carbocycles. The van der Waals surface area contributed by atoms with Gasteiger partial charge >= 0.3 is 0 Å². The van der Waals surface area contributed by atoms with E-state index >= 15 is 0 Å². The Hall–Kier alpha value is -2.53. The summed E-state index contributed by atoms with van der Waals surface area (Å²) in [5.41, 5.74) is 1.94. The molecule has 0 bridgehead atoms. The minimum atomic E-state index is -0.208. The zero-order valence-corrected chi connectivity index (χ0v) is 12.8. The first kappa shape index (κ1) is 15.9. The molecular weight excluding hydrogens is 302 g/mol. The largest absolute Gasteiger partial charge is 0.374 e. The van der Waals surface area contributed by atoms with Gasteiger partial charge in [0, 0.05) is 17.6 Å². The fraction of sp³-hybridized carbons (Fsp3) is 0.125. The third-order valence-electron chi connectivity index (χ3n) is 2.79. The second kappa shape index (κ2) is 7.47. The van der Waals surface area contributed by atoms with Gasteiger partial charge in [0.2, 0.25) is 11.8 Å². The lowest BCUT2D eigenvalue weighted by atomic mass is 10.2. The van der Waals surface area contributed by atoms with E-state index in [0.29, 0.717) is 22.1 Å². The highest BCUT2D eigenvalue weighted by Crippen LogP contribution is 2.20. The molecule has 0 radical (unpaired) electrons. The third-order valence-corrected chi connectivity index (χ3v) is 3.02. The van der Waals surface area contributed by atoms with Gasteiger partial charge in [0.05, 0.1) is 17.9 Å². The zero-order valence-electron chi connectivity index (χ0n) is 12.0. The Labute approximate surface area is 133 Å². The van der Waals surface area contributed by atoms with Crippen molar-refractivity contribution >= 4 is 40.5 Å². The fourth-order valence-corrected chi connectivity index (χ4v) is 2.07. The van der Waals surface area contributed by atoms with Crippen LogP contribution in [0.25, 0.3) is 0 Å². The van der Waals surface area contributed by atoms with E-state index in [1.54, 1.807) is 36.4 Å². The molecule has 2 aromatic rings. The number of anilines is 3. The number of para-hydroxylation sites is 2. The average Bonchev–Trinajstić information content (AvgIpc) is 2.46. The van der Waals surface area contributed by atoms with Crippen LogP contribution in [-0.4, -0.2) is 18.4 Å². The van der Waals surface area contributed by atoms with Gasteiger partial charge in [0.25, 0.3) is 0 Å². The summed E-state index contributed by atoms with van der Waals surface area (Å²) in [6.45, 7) is 1.51. The first-order chi connectivity index (χ1) is 10.5. The van der Waals surface area contributed by atoms with E-state index in [0.717, 1.165) is 0 Å². The number of halogens is 1. The summed E-state index contributed by atoms with van der Waals surface area (Å²) in [6.07, 6.45) is 0.